The summed E-state index contributed by atoms with van der Waals surface area (Å²) in [6.07, 6.45) is 4.47. The van der Waals surface area contributed by atoms with Crippen molar-refractivity contribution in [3.05, 3.63) is 70.0 Å². The summed E-state index contributed by atoms with van der Waals surface area (Å²) in [6.45, 7) is 2.80. The molecule has 0 saturated heterocycles. The van der Waals surface area contributed by atoms with E-state index < -0.39 is 4.92 Å². The number of fused-ring (bicyclic) bond motifs is 1. The molecule has 0 spiro atoms. The topological polar surface area (TPSA) is 90.1 Å². The number of nitrogens with one attached hydrogen (secondary N) is 1. The van der Waals surface area contributed by atoms with Crippen molar-refractivity contribution in [1.82, 2.24) is 14.9 Å². The fourth-order valence-electron chi connectivity index (χ4n) is 2.81. The fourth-order valence-corrected chi connectivity index (χ4v) is 2.81. The lowest BCUT2D eigenvalue weighted by Crippen LogP contribution is -2.26. The molecule has 1 aromatic carbocycles. The summed E-state index contributed by atoms with van der Waals surface area (Å²) < 4.78 is 2.04. The largest absolute Gasteiger partial charge is 0.352 e. The van der Waals surface area contributed by atoms with Crippen LogP contribution >= 0.6 is 0 Å². The first kappa shape index (κ1) is 16.6. The third-order valence-corrected chi connectivity index (χ3v) is 4.13. The molecule has 0 aliphatic carbocycles. The van der Waals surface area contributed by atoms with E-state index >= 15 is 0 Å². The zero-order valence-electron chi connectivity index (χ0n) is 13.8. The lowest BCUT2D eigenvalue weighted by atomic mass is 10.1. The molecule has 7 heteroatoms. The van der Waals surface area contributed by atoms with Crippen molar-refractivity contribution in [2.45, 2.75) is 19.9 Å². The Kier molecular flexibility index (Phi) is 4.74. The summed E-state index contributed by atoms with van der Waals surface area (Å²) in [5.41, 5.74) is 1.59. The zero-order chi connectivity index (χ0) is 17.8. The van der Waals surface area contributed by atoms with Crippen LogP contribution in [0.2, 0.25) is 0 Å². The third kappa shape index (κ3) is 3.50. The Labute approximate surface area is 144 Å². The molecule has 3 aromatic rings. The maximum absolute atomic E-state index is 12.3. The van der Waals surface area contributed by atoms with E-state index in [2.05, 4.69) is 10.3 Å². The van der Waals surface area contributed by atoms with Crippen LogP contribution in [0.5, 0.6) is 0 Å². The van der Waals surface area contributed by atoms with Gasteiger partial charge in [-0.3, -0.25) is 14.9 Å². The first-order valence-electron chi connectivity index (χ1n) is 8.00. The van der Waals surface area contributed by atoms with E-state index in [1.54, 1.807) is 19.2 Å². The van der Waals surface area contributed by atoms with E-state index in [4.69, 9.17) is 0 Å². The average Bonchev–Trinajstić information content (AvgIpc) is 3.01. The average molecular weight is 338 g/mol. The number of aryl methyl sites for hydroxylation is 1. The van der Waals surface area contributed by atoms with Crippen molar-refractivity contribution in [3.63, 3.8) is 0 Å². The van der Waals surface area contributed by atoms with Crippen molar-refractivity contribution < 1.29 is 9.72 Å². The van der Waals surface area contributed by atoms with Crippen molar-refractivity contribution in [2.24, 2.45) is 0 Å². The number of carbonyl (C=O) groups excluding carboxylic acids is 1. The van der Waals surface area contributed by atoms with Crippen LogP contribution in [-0.4, -0.2) is 26.9 Å². The number of benzene rings is 1. The van der Waals surface area contributed by atoms with Gasteiger partial charge in [0.25, 0.3) is 11.6 Å². The van der Waals surface area contributed by atoms with Gasteiger partial charge in [0.15, 0.2) is 0 Å². The van der Waals surface area contributed by atoms with E-state index in [1.807, 2.05) is 29.0 Å². The number of nitrogens with zero attached hydrogens (tertiary/aromatic N) is 3. The molecule has 0 saturated carbocycles. The number of hydrogen-bond acceptors (Lipinski definition) is 4. The van der Waals surface area contributed by atoms with Crippen LogP contribution in [0.1, 0.15) is 22.3 Å². The Morgan fingerprint density at radius 1 is 1.28 bits per heavy atom. The Morgan fingerprint density at radius 2 is 2.12 bits per heavy atom. The van der Waals surface area contributed by atoms with Crippen LogP contribution in [-0.2, 0) is 6.54 Å². The van der Waals surface area contributed by atoms with E-state index in [9.17, 15) is 14.9 Å². The van der Waals surface area contributed by atoms with Crippen molar-refractivity contribution >= 4 is 22.6 Å². The second-order valence-corrected chi connectivity index (χ2v) is 5.74. The number of nitro benzene ring substituents is 1. The van der Waals surface area contributed by atoms with Crippen LogP contribution in [0.4, 0.5) is 5.69 Å². The third-order valence-electron chi connectivity index (χ3n) is 4.13. The highest BCUT2D eigenvalue weighted by atomic mass is 16.6. The van der Waals surface area contributed by atoms with Crippen LogP contribution in [0.3, 0.4) is 0 Å². The molecule has 0 bridgehead atoms. The highest BCUT2D eigenvalue weighted by Crippen LogP contribution is 2.21. The van der Waals surface area contributed by atoms with Crippen molar-refractivity contribution in [2.75, 3.05) is 6.54 Å². The Morgan fingerprint density at radius 3 is 2.92 bits per heavy atom. The Hall–Kier alpha value is -3.22. The normalized spacial score (nSPS) is 10.8. The lowest BCUT2D eigenvalue weighted by Gasteiger charge is -2.09. The number of rotatable bonds is 6. The van der Waals surface area contributed by atoms with Gasteiger partial charge in [-0.25, -0.2) is 4.98 Å². The minimum absolute atomic E-state index is 0.0439. The molecule has 0 aliphatic heterocycles. The number of pyridine rings is 1. The van der Waals surface area contributed by atoms with Gasteiger partial charge in [-0.2, -0.15) is 0 Å². The van der Waals surface area contributed by atoms with Gasteiger partial charge in [0.2, 0.25) is 0 Å². The second-order valence-electron chi connectivity index (χ2n) is 5.74. The van der Waals surface area contributed by atoms with Crippen molar-refractivity contribution in [3.8, 4) is 0 Å². The zero-order valence-corrected chi connectivity index (χ0v) is 13.8. The first-order chi connectivity index (χ1) is 12.1. The van der Waals surface area contributed by atoms with E-state index in [-0.39, 0.29) is 11.6 Å². The van der Waals surface area contributed by atoms with Gasteiger partial charge in [0.05, 0.1) is 4.92 Å². The molecule has 0 fully saturated rings. The molecule has 2 heterocycles. The van der Waals surface area contributed by atoms with Gasteiger partial charge in [0, 0.05) is 48.1 Å². The van der Waals surface area contributed by atoms with E-state index in [0.29, 0.717) is 17.7 Å². The maximum Gasteiger partial charge on any atom is 0.273 e. The van der Waals surface area contributed by atoms with Gasteiger partial charge in [-0.05, 0) is 37.6 Å². The summed E-state index contributed by atoms with van der Waals surface area (Å²) in [6, 6.07) is 10.4. The first-order valence-corrected chi connectivity index (χ1v) is 8.00. The molecule has 3 rings (SSSR count). The summed E-state index contributed by atoms with van der Waals surface area (Å²) in [5, 5.41) is 14.9. The molecular weight excluding hydrogens is 320 g/mol. The standard InChI is InChI=1S/C18H18N4O3/c1-13-15(6-2-7-16(13)22(24)25)18(23)20-10-4-11-21-12-8-14-5-3-9-19-17(14)21/h2-3,5-9,12H,4,10-11H2,1H3,(H,20,23). The molecule has 1 N–H and O–H groups in total. The molecule has 2 aromatic heterocycles. The number of carbonyl (C=O) groups is 1. The molecule has 0 radical (unpaired) electrons. The highest BCUT2D eigenvalue weighted by molar-refractivity contribution is 5.96. The van der Waals surface area contributed by atoms with Gasteiger partial charge < -0.3 is 9.88 Å². The predicted molar refractivity (Wildman–Crippen MR) is 94.5 cm³/mol. The quantitative estimate of drug-likeness (QED) is 0.425. The number of nitro groups is 1. The number of amides is 1. The number of hydrogen-bond donors (Lipinski definition) is 1. The van der Waals surface area contributed by atoms with Gasteiger partial charge >= 0.3 is 0 Å². The van der Waals surface area contributed by atoms with Gasteiger partial charge in [0.1, 0.15) is 5.65 Å². The van der Waals surface area contributed by atoms with Crippen LogP contribution in [0, 0.1) is 17.0 Å². The van der Waals surface area contributed by atoms with Gasteiger partial charge in [-0.1, -0.05) is 6.07 Å². The minimum Gasteiger partial charge on any atom is -0.352 e. The smallest absolute Gasteiger partial charge is 0.273 e. The molecule has 25 heavy (non-hydrogen) atoms. The number of aromatic nitrogens is 2. The molecular formula is C18H18N4O3. The Bertz CT molecular complexity index is 933. The molecule has 0 atom stereocenters. The SMILES string of the molecule is Cc1c(C(=O)NCCCn2ccc3cccnc32)cccc1[N+](=O)[O-]. The summed E-state index contributed by atoms with van der Waals surface area (Å²) >= 11 is 0. The summed E-state index contributed by atoms with van der Waals surface area (Å²) in [4.78, 5) is 27.1. The molecule has 1 amide bonds. The molecule has 0 unspecified atom stereocenters. The van der Waals surface area contributed by atoms with Crippen molar-refractivity contribution in [1.29, 1.82) is 0 Å². The van der Waals surface area contributed by atoms with Crippen LogP contribution < -0.4 is 5.32 Å². The molecule has 0 aliphatic rings. The van der Waals surface area contributed by atoms with Crippen LogP contribution in [0.15, 0.2) is 48.8 Å². The predicted octanol–water partition coefficient (Wildman–Crippen LogP) is 3.07. The van der Waals surface area contributed by atoms with E-state index in [0.717, 1.165) is 24.0 Å². The van der Waals surface area contributed by atoms with E-state index in [1.165, 1.54) is 12.1 Å². The van der Waals surface area contributed by atoms with Gasteiger partial charge in [-0.15, -0.1) is 0 Å². The lowest BCUT2D eigenvalue weighted by molar-refractivity contribution is -0.385. The summed E-state index contributed by atoms with van der Waals surface area (Å²) in [5.74, 6) is -0.295. The second kappa shape index (κ2) is 7.12. The monoisotopic (exact) mass is 338 g/mol. The summed E-state index contributed by atoms with van der Waals surface area (Å²) in [7, 11) is 0. The van der Waals surface area contributed by atoms with Crippen LogP contribution in [0.25, 0.3) is 11.0 Å². The fraction of sp³-hybridized carbons (Fsp3) is 0.222. The highest BCUT2D eigenvalue weighted by Gasteiger charge is 2.17. The minimum atomic E-state index is -0.476. The molecule has 128 valence electrons. The Balaban J connectivity index is 1.58. The maximum atomic E-state index is 12.3. The molecule has 7 nitrogen and oxygen atoms in total.